The second kappa shape index (κ2) is 5.81. The Morgan fingerprint density at radius 3 is 2.68 bits per heavy atom. The fourth-order valence-electron chi connectivity index (χ4n) is 2.12. The Hall–Kier alpha value is 0.0500. The SMILES string of the molecule is CC1CN(S(=O)(=O)c2cc(Br)ccc2Br)C(C)CN1. The van der Waals surface area contributed by atoms with E-state index in [1.165, 1.54) is 0 Å². The van der Waals surface area contributed by atoms with Crippen molar-refractivity contribution in [1.29, 1.82) is 0 Å². The maximum absolute atomic E-state index is 12.8. The summed E-state index contributed by atoms with van der Waals surface area (Å²) in [6.07, 6.45) is 0. The van der Waals surface area contributed by atoms with Crippen LogP contribution in [0.3, 0.4) is 0 Å². The van der Waals surface area contributed by atoms with Crippen molar-refractivity contribution in [2.75, 3.05) is 13.1 Å². The molecule has 1 heterocycles. The third-order valence-electron chi connectivity index (χ3n) is 3.19. The van der Waals surface area contributed by atoms with Gasteiger partial charge in [0.2, 0.25) is 10.0 Å². The largest absolute Gasteiger partial charge is 0.311 e. The predicted molar refractivity (Wildman–Crippen MR) is 82.7 cm³/mol. The van der Waals surface area contributed by atoms with Gasteiger partial charge in [0.05, 0.1) is 4.90 Å². The molecule has 1 fully saturated rings. The number of rotatable bonds is 2. The van der Waals surface area contributed by atoms with Crippen molar-refractivity contribution in [2.24, 2.45) is 0 Å². The highest BCUT2D eigenvalue weighted by Crippen LogP contribution is 2.29. The molecule has 2 atom stereocenters. The standard InChI is InChI=1S/C12H16Br2N2O2S/c1-8-7-16(9(2)6-15-8)19(17,18)12-5-10(13)3-4-11(12)14/h3-5,8-9,15H,6-7H2,1-2H3. The first kappa shape index (κ1) is 15.4. The van der Waals surface area contributed by atoms with Crippen LogP contribution in [-0.2, 0) is 10.0 Å². The molecule has 1 aromatic carbocycles. The summed E-state index contributed by atoms with van der Waals surface area (Å²) in [5.41, 5.74) is 0. The highest BCUT2D eigenvalue weighted by atomic mass is 79.9. The Morgan fingerprint density at radius 2 is 2.00 bits per heavy atom. The van der Waals surface area contributed by atoms with E-state index >= 15 is 0 Å². The van der Waals surface area contributed by atoms with Gasteiger partial charge in [0.1, 0.15) is 0 Å². The Kier molecular flexibility index (Phi) is 4.72. The summed E-state index contributed by atoms with van der Waals surface area (Å²) in [5.74, 6) is 0. The maximum atomic E-state index is 12.8. The van der Waals surface area contributed by atoms with Gasteiger partial charge in [0.15, 0.2) is 0 Å². The van der Waals surface area contributed by atoms with E-state index in [4.69, 9.17) is 0 Å². The molecule has 4 nitrogen and oxygen atoms in total. The molecule has 1 aliphatic rings. The van der Waals surface area contributed by atoms with E-state index in [-0.39, 0.29) is 12.1 Å². The first-order valence-corrected chi connectivity index (χ1v) is 9.05. The number of piperazine rings is 1. The summed E-state index contributed by atoms with van der Waals surface area (Å²) >= 11 is 6.65. The third-order valence-corrected chi connectivity index (χ3v) is 6.65. The van der Waals surface area contributed by atoms with E-state index in [0.717, 1.165) is 4.47 Å². The number of nitrogens with zero attached hydrogens (tertiary/aromatic N) is 1. The highest BCUT2D eigenvalue weighted by molar-refractivity contribution is 9.11. The van der Waals surface area contributed by atoms with E-state index in [1.807, 2.05) is 19.9 Å². The highest BCUT2D eigenvalue weighted by Gasteiger charge is 2.34. The van der Waals surface area contributed by atoms with Gasteiger partial charge in [-0.3, -0.25) is 0 Å². The van der Waals surface area contributed by atoms with Crippen LogP contribution in [0.4, 0.5) is 0 Å². The summed E-state index contributed by atoms with van der Waals surface area (Å²) in [6, 6.07) is 5.31. The average molecular weight is 412 g/mol. The summed E-state index contributed by atoms with van der Waals surface area (Å²) < 4.78 is 28.4. The predicted octanol–water partition coefficient (Wildman–Crippen LogP) is 2.58. The summed E-state index contributed by atoms with van der Waals surface area (Å²) in [6.45, 7) is 5.07. The molecular weight excluding hydrogens is 396 g/mol. The fourth-order valence-corrected chi connectivity index (χ4v) is 5.31. The smallest absolute Gasteiger partial charge is 0.244 e. The van der Waals surface area contributed by atoms with Crippen molar-refractivity contribution >= 4 is 41.9 Å². The molecular formula is C12H16Br2N2O2S. The Morgan fingerprint density at radius 1 is 1.32 bits per heavy atom. The van der Waals surface area contributed by atoms with Gasteiger partial charge in [0.25, 0.3) is 0 Å². The molecule has 0 spiro atoms. The molecule has 0 aliphatic carbocycles. The first-order valence-electron chi connectivity index (χ1n) is 6.02. The summed E-state index contributed by atoms with van der Waals surface area (Å²) in [4.78, 5) is 0.308. The van der Waals surface area contributed by atoms with Crippen molar-refractivity contribution in [3.63, 3.8) is 0 Å². The van der Waals surface area contributed by atoms with Crippen LogP contribution in [0.2, 0.25) is 0 Å². The van der Waals surface area contributed by atoms with E-state index in [0.29, 0.717) is 22.5 Å². The van der Waals surface area contributed by atoms with Gasteiger partial charge in [-0.05, 0) is 48.0 Å². The zero-order valence-corrected chi connectivity index (χ0v) is 14.7. The second-order valence-corrected chi connectivity index (χ2v) is 8.44. The molecule has 2 unspecified atom stereocenters. The molecule has 2 rings (SSSR count). The molecule has 1 saturated heterocycles. The van der Waals surface area contributed by atoms with Crippen LogP contribution in [-0.4, -0.2) is 37.9 Å². The number of halogens is 2. The van der Waals surface area contributed by atoms with Crippen molar-refractivity contribution in [3.8, 4) is 0 Å². The molecule has 106 valence electrons. The number of hydrogen-bond donors (Lipinski definition) is 1. The van der Waals surface area contributed by atoms with Crippen LogP contribution in [0.5, 0.6) is 0 Å². The monoisotopic (exact) mass is 410 g/mol. The molecule has 0 radical (unpaired) electrons. The van der Waals surface area contributed by atoms with Gasteiger partial charge >= 0.3 is 0 Å². The number of hydrogen-bond acceptors (Lipinski definition) is 3. The lowest BCUT2D eigenvalue weighted by atomic mass is 10.2. The van der Waals surface area contributed by atoms with Crippen LogP contribution >= 0.6 is 31.9 Å². The van der Waals surface area contributed by atoms with Crippen LogP contribution in [0.15, 0.2) is 32.0 Å². The number of sulfonamides is 1. The fraction of sp³-hybridized carbons (Fsp3) is 0.500. The van der Waals surface area contributed by atoms with E-state index < -0.39 is 10.0 Å². The minimum atomic E-state index is -3.48. The molecule has 0 saturated carbocycles. The lowest BCUT2D eigenvalue weighted by Gasteiger charge is -2.36. The summed E-state index contributed by atoms with van der Waals surface area (Å²) in [7, 11) is -3.48. The van der Waals surface area contributed by atoms with Crippen LogP contribution in [0.1, 0.15) is 13.8 Å². The normalized spacial score (nSPS) is 25.5. The van der Waals surface area contributed by atoms with Gasteiger partial charge < -0.3 is 5.32 Å². The van der Waals surface area contributed by atoms with Crippen LogP contribution < -0.4 is 5.32 Å². The molecule has 0 amide bonds. The van der Waals surface area contributed by atoms with Gasteiger partial charge in [0, 0.05) is 34.1 Å². The van der Waals surface area contributed by atoms with Crippen molar-refractivity contribution in [3.05, 3.63) is 27.1 Å². The zero-order chi connectivity index (χ0) is 14.2. The van der Waals surface area contributed by atoms with E-state index in [2.05, 4.69) is 37.2 Å². The van der Waals surface area contributed by atoms with Gasteiger partial charge in [-0.25, -0.2) is 8.42 Å². The second-order valence-electron chi connectivity index (χ2n) is 4.81. The van der Waals surface area contributed by atoms with Crippen LogP contribution in [0.25, 0.3) is 0 Å². The Bertz CT molecular complexity index is 577. The lowest BCUT2D eigenvalue weighted by Crippen LogP contribution is -2.56. The van der Waals surface area contributed by atoms with Gasteiger partial charge in [-0.15, -0.1) is 0 Å². The van der Waals surface area contributed by atoms with E-state index in [9.17, 15) is 8.42 Å². The van der Waals surface area contributed by atoms with Crippen molar-refractivity contribution in [2.45, 2.75) is 30.8 Å². The van der Waals surface area contributed by atoms with Crippen LogP contribution in [0, 0.1) is 0 Å². The number of benzene rings is 1. The first-order chi connectivity index (χ1) is 8.82. The van der Waals surface area contributed by atoms with Crippen molar-refractivity contribution < 1.29 is 8.42 Å². The molecule has 1 N–H and O–H groups in total. The van der Waals surface area contributed by atoms with Gasteiger partial charge in [-0.2, -0.15) is 4.31 Å². The summed E-state index contributed by atoms with van der Waals surface area (Å²) in [5, 5.41) is 3.28. The molecule has 19 heavy (non-hydrogen) atoms. The third kappa shape index (κ3) is 3.21. The Balaban J connectivity index is 2.44. The average Bonchev–Trinajstić information content (AvgIpc) is 2.35. The van der Waals surface area contributed by atoms with Crippen molar-refractivity contribution in [1.82, 2.24) is 9.62 Å². The minimum Gasteiger partial charge on any atom is -0.311 e. The van der Waals surface area contributed by atoms with E-state index in [1.54, 1.807) is 16.4 Å². The topological polar surface area (TPSA) is 49.4 Å². The maximum Gasteiger partial charge on any atom is 0.244 e. The molecule has 0 aromatic heterocycles. The lowest BCUT2D eigenvalue weighted by molar-refractivity contribution is 0.244. The quantitative estimate of drug-likeness (QED) is 0.813. The zero-order valence-electron chi connectivity index (χ0n) is 10.7. The minimum absolute atomic E-state index is 0.0490. The Labute approximate surface area is 130 Å². The van der Waals surface area contributed by atoms with Gasteiger partial charge in [-0.1, -0.05) is 15.9 Å². The molecule has 1 aliphatic heterocycles. The number of nitrogens with one attached hydrogen (secondary N) is 1. The molecule has 0 bridgehead atoms. The molecule has 1 aromatic rings. The molecule has 7 heteroatoms.